The van der Waals surface area contributed by atoms with E-state index in [2.05, 4.69) is 41.8 Å². The summed E-state index contributed by atoms with van der Waals surface area (Å²) in [5.74, 6) is 0.943. The van der Waals surface area contributed by atoms with Gasteiger partial charge in [-0.2, -0.15) is 0 Å². The Bertz CT molecular complexity index is 401. The molecule has 0 aliphatic heterocycles. The van der Waals surface area contributed by atoms with E-state index in [9.17, 15) is 4.79 Å². The van der Waals surface area contributed by atoms with Gasteiger partial charge in [-0.3, -0.25) is 4.79 Å². The number of carbonyl (C=O) groups is 1. The third-order valence-electron chi connectivity index (χ3n) is 3.74. The van der Waals surface area contributed by atoms with E-state index in [-0.39, 0.29) is 11.9 Å². The van der Waals surface area contributed by atoms with Crippen LogP contribution in [-0.4, -0.2) is 25.0 Å². The van der Waals surface area contributed by atoms with Crippen LogP contribution in [0.3, 0.4) is 0 Å². The van der Waals surface area contributed by atoms with Crippen LogP contribution in [-0.2, 0) is 11.2 Å². The smallest absolute Gasteiger partial charge is 0.234 e. The van der Waals surface area contributed by atoms with Crippen molar-refractivity contribution >= 4 is 5.91 Å². The van der Waals surface area contributed by atoms with Gasteiger partial charge in [0, 0.05) is 6.04 Å². The molecular formula is C17H26N2O. The van der Waals surface area contributed by atoms with Crippen LogP contribution in [0, 0.1) is 5.92 Å². The first kappa shape index (κ1) is 15.0. The van der Waals surface area contributed by atoms with Crippen LogP contribution in [0.4, 0.5) is 0 Å². The standard InChI is InChI=1S/C17H26N2O/c1-2-6-16(11-14-7-4-3-5-8-14)19-17(20)13-18-12-15-9-10-15/h3-5,7-8,15-16,18H,2,6,9-13H2,1H3,(H,19,20). The summed E-state index contributed by atoms with van der Waals surface area (Å²) in [6.07, 6.45) is 5.68. The van der Waals surface area contributed by atoms with Crippen molar-refractivity contribution in [2.75, 3.05) is 13.1 Å². The molecule has 0 aromatic heterocycles. The number of amides is 1. The highest BCUT2D eigenvalue weighted by Gasteiger charge is 2.20. The van der Waals surface area contributed by atoms with Gasteiger partial charge in [-0.05, 0) is 43.7 Å². The number of hydrogen-bond acceptors (Lipinski definition) is 2. The molecule has 0 heterocycles. The fourth-order valence-corrected chi connectivity index (χ4v) is 2.46. The van der Waals surface area contributed by atoms with Crippen LogP contribution in [0.25, 0.3) is 0 Å². The van der Waals surface area contributed by atoms with Crippen molar-refractivity contribution in [2.45, 2.75) is 45.1 Å². The van der Waals surface area contributed by atoms with Crippen molar-refractivity contribution in [1.82, 2.24) is 10.6 Å². The summed E-state index contributed by atoms with van der Waals surface area (Å²) in [6, 6.07) is 10.6. The summed E-state index contributed by atoms with van der Waals surface area (Å²) in [7, 11) is 0. The van der Waals surface area contributed by atoms with E-state index in [4.69, 9.17) is 0 Å². The van der Waals surface area contributed by atoms with Crippen LogP contribution in [0.2, 0.25) is 0 Å². The average Bonchev–Trinajstić information content (AvgIpc) is 3.24. The van der Waals surface area contributed by atoms with Crippen molar-refractivity contribution in [3.05, 3.63) is 35.9 Å². The van der Waals surface area contributed by atoms with E-state index >= 15 is 0 Å². The lowest BCUT2D eigenvalue weighted by Gasteiger charge is -2.18. The summed E-state index contributed by atoms with van der Waals surface area (Å²) < 4.78 is 0. The van der Waals surface area contributed by atoms with Gasteiger partial charge < -0.3 is 10.6 Å². The predicted molar refractivity (Wildman–Crippen MR) is 82.6 cm³/mol. The van der Waals surface area contributed by atoms with Crippen molar-refractivity contribution in [2.24, 2.45) is 5.92 Å². The van der Waals surface area contributed by atoms with Crippen LogP contribution in [0.1, 0.15) is 38.2 Å². The van der Waals surface area contributed by atoms with Crippen molar-refractivity contribution < 1.29 is 4.79 Å². The molecule has 1 aromatic carbocycles. The molecule has 1 unspecified atom stereocenters. The Hall–Kier alpha value is -1.35. The largest absolute Gasteiger partial charge is 0.352 e. The maximum Gasteiger partial charge on any atom is 0.234 e. The Morgan fingerprint density at radius 3 is 2.70 bits per heavy atom. The Kier molecular flexibility index (Phi) is 6.06. The molecule has 3 nitrogen and oxygen atoms in total. The number of hydrogen-bond donors (Lipinski definition) is 2. The Morgan fingerprint density at radius 2 is 2.05 bits per heavy atom. The molecule has 1 saturated carbocycles. The van der Waals surface area contributed by atoms with E-state index in [1.54, 1.807) is 0 Å². The molecule has 1 aliphatic rings. The third-order valence-corrected chi connectivity index (χ3v) is 3.74. The van der Waals surface area contributed by atoms with Crippen molar-refractivity contribution in [3.8, 4) is 0 Å². The Morgan fingerprint density at radius 1 is 1.30 bits per heavy atom. The molecule has 3 heteroatoms. The Balaban J connectivity index is 1.73. The van der Waals surface area contributed by atoms with Gasteiger partial charge in [0.05, 0.1) is 6.54 Å². The molecule has 2 rings (SSSR count). The molecule has 1 aromatic rings. The molecule has 2 N–H and O–H groups in total. The molecule has 1 amide bonds. The third kappa shape index (κ3) is 5.74. The van der Waals surface area contributed by atoms with Crippen LogP contribution in [0.5, 0.6) is 0 Å². The monoisotopic (exact) mass is 274 g/mol. The lowest BCUT2D eigenvalue weighted by molar-refractivity contribution is -0.121. The van der Waals surface area contributed by atoms with Crippen molar-refractivity contribution in [3.63, 3.8) is 0 Å². The fraction of sp³-hybridized carbons (Fsp3) is 0.588. The van der Waals surface area contributed by atoms with E-state index < -0.39 is 0 Å². The second kappa shape index (κ2) is 8.05. The maximum absolute atomic E-state index is 11.9. The summed E-state index contributed by atoms with van der Waals surface area (Å²) in [5.41, 5.74) is 1.29. The molecule has 20 heavy (non-hydrogen) atoms. The minimum absolute atomic E-state index is 0.125. The first-order chi connectivity index (χ1) is 9.78. The zero-order valence-corrected chi connectivity index (χ0v) is 12.4. The summed E-state index contributed by atoms with van der Waals surface area (Å²) in [6.45, 7) is 3.60. The molecule has 0 saturated heterocycles. The molecule has 0 radical (unpaired) electrons. The van der Waals surface area contributed by atoms with E-state index in [0.29, 0.717) is 6.54 Å². The predicted octanol–water partition coefficient (Wildman–Crippen LogP) is 2.51. The highest BCUT2D eigenvalue weighted by molar-refractivity contribution is 5.78. The molecule has 0 bridgehead atoms. The van der Waals surface area contributed by atoms with Gasteiger partial charge >= 0.3 is 0 Å². The number of nitrogens with one attached hydrogen (secondary N) is 2. The molecular weight excluding hydrogens is 248 g/mol. The van der Waals surface area contributed by atoms with Gasteiger partial charge in [-0.25, -0.2) is 0 Å². The van der Waals surface area contributed by atoms with Gasteiger partial charge in [0.25, 0.3) is 0 Å². The van der Waals surface area contributed by atoms with E-state index in [0.717, 1.165) is 31.7 Å². The van der Waals surface area contributed by atoms with Gasteiger partial charge in [0.15, 0.2) is 0 Å². The lowest BCUT2D eigenvalue weighted by Crippen LogP contribution is -2.41. The quantitative estimate of drug-likeness (QED) is 0.726. The molecule has 1 fully saturated rings. The van der Waals surface area contributed by atoms with Crippen molar-refractivity contribution in [1.29, 1.82) is 0 Å². The zero-order chi connectivity index (χ0) is 14.2. The maximum atomic E-state index is 11.9. The summed E-state index contributed by atoms with van der Waals surface area (Å²) in [5, 5.41) is 6.41. The summed E-state index contributed by atoms with van der Waals surface area (Å²) >= 11 is 0. The first-order valence-corrected chi connectivity index (χ1v) is 7.82. The first-order valence-electron chi connectivity index (χ1n) is 7.82. The molecule has 1 aliphatic carbocycles. The topological polar surface area (TPSA) is 41.1 Å². The Labute approximate surface area is 122 Å². The average molecular weight is 274 g/mol. The number of carbonyl (C=O) groups excluding carboxylic acids is 1. The lowest BCUT2D eigenvalue weighted by atomic mass is 10.0. The van der Waals surface area contributed by atoms with Crippen LogP contribution in [0.15, 0.2) is 30.3 Å². The van der Waals surface area contributed by atoms with Gasteiger partial charge in [0.1, 0.15) is 0 Å². The molecule has 1 atom stereocenters. The SMILES string of the molecule is CCCC(Cc1ccccc1)NC(=O)CNCC1CC1. The molecule has 110 valence electrons. The van der Waals surface area contributed by atoms with Crippen LogP contribution >= 0.6 is 0 Å². The highest BCUT2D eigenvalue weighted by atomic mass is 16.1. The minimum Gasteiger partial charge on any atom is -0.352 e. The normalized spacial score (nSPS) is 15.8. The second-order valence-corrected chi connectivity index (χ2v) is 5.82. The van der Waals surface area contributed by atoms with Gasteiger partial charge in [0.2, 0.25) is 5.91 Å². The molecule has 0 spiro atoms. The van der Waals surface area contributed by atoms with Gasteiger partial charge in [-0.15, -0.1) is 0 Å². The fourth-order valence-electron chi connectivity index (χ4n) is 2.46. The van der Waals surface area contributed by atoms with E-state index in [1.807, 2.05) is 6.07 Å². The highest BCUT2D eigenvalue weighted by Crippen LogP contribution is 2.27. The minimum atomic E-state index is 0.125. The summed E-state index contributed by atoms with van der Waals surface area (Å²) in [4.78, 5) is 11.9. The number of rotatable bonds is 9. The van der Waals surface area contributed by atoms with Crippen LogP contribution < -0.4 is 10.6 Å². The second-order valence-electron chi connectivity index (χ2n) is 5.82. The number of benzene rings is 1. The van der Waals surface area contributed by atoms with Gasteiger partial charge in [-0.1, -0.05) is 43.7 Å². The van der Waals surface area contributed by atoms with E-state index in [1.165, 1.54) is 18.4 Å². The zero-order valence-electron chi connectivity index (χ0n) is 12.4.